The molecule has 8 heteroatoms. The number of fused-ring (bicyclic) bond motifs is 1. The molecule has 1 aromatic carbocycles. The van der Waals surface area contributed by atoms with Gasteiger partial charge in [0, 0.05) is 38.2 Å². The molecule has 0 saturated carbocycles. The Labute approximate surface area is 213 Å². The molecule has 2 aromatic rings. The number of carbonyl (C=O) groups excluding carboxylic acids is 2. The molecule has 35 heavy (non-hydrogen) atoms. The fraction of sp³-hybridized carbons (Fsp3) is 0.556. The predicted octanol–water partition coefficient (Wildman–Crippen LogP) is 4.83. The van der Waals surface area contributed by atoms with Crippen molar-refractivity contribution in [3.05, 3.63) is 51.7 Å². The molecule has 3 rings (SSSR count). The Balaban J connectivity index is 1.71. The minimum atomic E-state index is -0.206. The highest BCUT2D eigenvalue weighted by atomic mass is 32.1. The van der Waals surface area contributed by atoms with Crippen molar-refractivity contribution in [3.63, 3.8) is 0 Å². The molecule has 0 fully saturated rings. The summed E-state index contributed by atoms with van der Waals surface area (Å²) in [6, 6.07) is 9.88. The van der Waals surface area contributed by atoms with Crippen molar-refractivity contribution in [2.75, 3.05) is 46.5 Å². The molecule has 1 atom stereocenters. The van der Waals surface area contributed by atoms with Crippen LogP contribution in [0.2, 0.25) is 0 Å². The van der Waals surface area contributed by atoms with E-state index in [9.17, 15) is 9.59 Å². The smallest absolute Gasteiger partial charge is 0.317 e. The zero-order valence-corrected chi connectivity index (χ0v) is 22.2. The van der Waals surface area contributed by atoms with Crippen molar-refractivity contribution in [1.29, 1.82) is 0 Å². The fourth-order valence-corrected chi connectivity index (χ4v) is 5.18. The quantitative estimate of drug-likeness (QED) is 0.423. The lowest BCUT2D eigenvalue weighted by molar-refractivity contribution is -0.135. The van der Waals surface area contributed by atoms with Crippen molar-refractivity contribution < 1.29 is 19.1 Å². The van der Waals surface area contributed by atoms with E-state index in [2.05, 4.69) is 42.7 Å². The molecular formula is C27H39N3O4S. The number of hydrogen-bond donors (Lipinski definition) is 1. The Kier molecular flexibility index (Phi) is 10.4. The highest BCUT2D eigenvalue weighted by molar-refractivity contribution is 7.10. The number of nitrogens with one attached hydrogen (secondary N) is 1. The summed E-state index contributed by atoms with van der Waals surface area (Å²) in [6.07, 6.45) is 2.34. The number of rotatable bonds is 12. The molecule has 0 radical (unpaired) electrons. The highest BCUT2D eigenvalue weighted by Gasteiger charge is 2.33. The standard InChI is InChI=1S/C27H39N3O4S/c1-5-13-28-27(32)29(14-6-16-33-4)18-26(31)30-15-11-25-23(12-17-35-25)24(30)19-34-22-9-7-21(8-10-22)20(2)3/h7-10,12,17,20,24H,5-6,11,13-16,18-19H2,1-4H3,(H,28,32)/t24-/m1/s1. The van der Waals surface area contributed by atoms with Crippen LogP contribution in [0, 0.1) is 0 Å². The average molecular weight is 502 g/mol. The van der Waals surface area contributed by atoms with Crippen LogP contribution in [0.3, 0.4) is 0 Å². The number of thiophene rings is 1. The van der Waals surface area contributed by atoms with Crippen molar-refractivity contribution in [3.8, 4) is 5.75 Å². The minimum absolute atomic E-state index is 0.0400. The lowest BCUT2D eigenvalue weighted by atomic mass is 10.00. The summed E-state index contributed by atoms with van der Waals surface area (Å²) in [5, 5.41) is 4.98. The predicted molar refractivity (Wildman–Crippen MR) is 140 cm³/mol. The van der Waals surface area contributed by atoms with Crippen LogP contribution in [-0.4, -0.2) is 68.2 Å². The average Bonchev–Trinajstić information content (AvgIpc) is 3.34. The largest absolute Gasteiger partial charge is 0.491 e. The number of nitrogens with zero attached hydrogens (tertiary/aromatic N) is 2. The van der Waals surface area contributed by atoms with E-state index < -0.39 is 0 Å². The Bertz CT molecular complexity index is 944. The van der Waals surface area contributed by atoms with Gasteiger partial charge in [0.2, 0.25) is 5.91 Å². The van der Waals surface area contributed by atoms with Crippen LogP contribution in [0.4, 0.5) is 4.79 Å². The molecular weight excluding hydrogens is 462 g/mol. The van der Waals surface area contributed by atoms with Crippen molar-refractivity contribution in [2.45, 2.75) is 52.0 Å². The molecule has 1 aliphatic heterocycles. The van der Waals surface area contributed by atoms with Crippen LogP contribution >= 0.6 is 11.3 Å². The third-order valence-electron chi connectivity index (χ3n) is 6.29. The first-order valence-corrected chi connectivity index (χ1v) is 13.4. The molecule has 0 bridgehead atoms. The molecule has 0 unspecified atom stereocenters. The van der Waals surface area contributed by atoms with Crippen LogP contribution in [0.1, 0.15) is 61.6 Å². The van der Waals surface area contributed by atoms with Gasteiger partial charge in [0.1, 0.15) is 18.9 Å². The van der Waals surface area contributed by atoms with Gasteiger partial charge in [-0.1, -0.05) is 32.9 Å². The van der Waals surface area contributed by atoms with Gasteiger partial charge in [-0.25, -0.2) is 4.79 Å². The maximum absolute atomic E-state index is 13.5. The van der Waals surface area contributed by atoms with E-state index in [-0.39, 0.29) is 24.5 Å². The lowest BCUT2D eigenvalue weighted by Crippen LogP contribution is -2.50. The summed E-state index contributed by atoms with van der Waals surface area (Å²) >= 11 is 1.73. The van der Waals surface area contributed by atoms with Crippen LogP contribution in [0.5, 0.6) is 5.75 Å². The van der Waals surface area contributed by atoms with Crippen molar-refractivity contribution >= 4 is 23.3 Å². The molecule has 0 spiro atoms. The topological polar surface area (TPSA) is 71.1 Å². The number of ether oxygens (including phenoxy) is 2. The SMILES string of the molecule is CCCNC(=O)N(CCCOC)CC(=O)N1CCc2sccc2[C@H]1COc1ccc(C(C)C)cc1. The second kappa shape index (κ2) is 13.5. The molecule has 0 aliphatic carbocycles. The third kappa shape index (κ3) is 7.45. The summed E-state index contributed by atoms with van der Waals surface area (Å²) in [7, 11) is 1.64. The normalized spacial score (nSPS) is 15.1. The van der Waals surface area contributed by atoms with Gasteiger partial charge in [0.05, 0.1) is 6.04 Å². The van der Waals surface area contributed by atoms with Crippen molar-refractivity contribution in [1.82, 2.24) is 15.1 Å². The van der Waals surface area contributed by atoms with E-state index in [0.717, 1.165) is 24.2 Å². The maximum Gasteiger partial charge on any atom is 0.317 e. The number of amides is 3. The van der Waals surface area contributed by atoms with E-state index in [0.29, 0.717) is 45.2 Å². The highest BCUT2D eigenvalue weighted by Crippen LogP contribution is 2.34. The third-order valence-corrected chi connectivity index (χ3v) is 7.28. The zero-order valence-electron chi connectivity index (χ0n) is 21.4. The second-order valence-corrected chi connectivity index (χ2v) is 10.2. The van der Waals surface area contributed by atoms with Gasteiger partial charge in [0.15, 0.2) is 0 Å². The van der Waals surface area contributed by atoms with Gasteiger partial charge in [-0.3, -0.25) is 4.79 Å². The van der Waals surface area contributed by atoms with E-state index in [1.54, 1.807) is 23.3 Å². The van der Waals surface area contributed by atoms with Gasteiger partial charge in [-0.2, -0.15) is 0 Å². The molecule has 0 saturated heterocycles. The second-order valence-electron chi connectivity index (χ2n) is 9.19. The first kappa shape index (κ1) is 27.0. The first-order valence-electron chi connectivity index (χ1n) is 12.5. The van der Waals surface area contributed by atoms with Crippen LogP contribution in [0.15, 0.2) is 35.7 Å². The molecule has 1 N–H and O–H groups in total. The molecule has 7 nitrogen and oxygen atoms in total. The molecule has 2 heterocycles. The number of benzene rings is 1. The van der Waals surface area contributed by atoms with Crippen LogP contribution in [0.25, 0.3) is 0 Å². The van der Waals surface area contributed by atoms with Gasteiger partial charge in [-0.05, 0) is 59.9 Å². The zero-order chi connectivity index (χ0) is 25.2. The maximum atomic E-state index is 13.5. The molecule has 1 aliphatic rings. The Morgan fingerprint density at radius 1 is 1.23 bits per heavy atom. The van der Waals surface area contributed by atoms with Gasteiger partial charge in [-0.15, -0.1) is 11.3 Å². The molecule has 1 aromatic heterocycles. The number of hydrogen-bond acceptors (Lipinski definition) is 5. The molecule has 192 valence electrons. The van der Waals surface area contributed by atoms with E-state index >= 15 is 0 Å². The summed E-state index contributed by atoms with van der Waals surface area (Å²) in [5.74, 6) is 1.20. The lowest BCUT2D eigenvalue weighted by Gasteiger charge is -2.37. The van der Waals surface area contributed by atoms with Gasteiger partial charge < -0.3 is 24.6 Å². The van der Waals surface area contributed by atoms with E-state index in [1.807, 2.05) is 24.0 Å². The van der Waals surface area contributed by atoms with Crippen molar-refractivity contribution in [2.24, 2.45) is 0 Å². The number of carbonyl (C=O) groups is 2. The molecule has 3 amide bonds. The summed E-state index contributed by atoms with van der Waals surface area (Å²) < 4.78 is 11.3. The number of methoxy groups -OCH3 is 1. The van der Waals surface area contributed by atoms with E-state index in [1.165, 1.54) is 10.4 Å². The minimum Gasteiger partial charge on any atom is -0.491 e. The number of urea groups is 1. The summed E-state index contributed by atoms with van der Waals surface area (Å²) in [6.45, 7) is 8.97. The monoisotopic (exact) mass is 501 g/mol. The Morgan fingerprint density at radius 3 is 2.69 bits per heavy atom. The van der Waals surface area contributed by atoms with Crippen LogP contribution < -0.4 is 10.1 Å². The Morgan fingerprint density at radius 2 is 2.00 bits per heavy atom. The Hall–Kier alpha value is -2.58. The summed E-state index contributed by atoms with van der Waals surface area (Å²) in [5.41, 5.74) is 2.41. The fourth-order valence-electron chi connectivity index (χ4n) is 4.25. The summed E-state index contributed by atoms with van der Waals surface area (Å²) in [4.78, 5) is 31.0. The first-order chi connectivity index (χ1) is 16.9. The van der Waals surface area contributed by atoms with Gasteiger partial charge >= 0.3 is 6.03 Å². The van der Waals surface area contributed by atoms with E-state index in [4.69, 9.17) is 9.47 Å². The van der Waals surface area contributed by atoms with Gasteiger partial charge in [0.25, 0.3) is 0 Å². The van der Waals surface area contributed by atoms with Crippen LogP contribution in [-0.2, 0) is 16.0 Å².